The fourth-order valence-electron chi connectivity index (χ4n) is 4.42. The summed E-state index contributed by atoms with van der Waals surface area (Å²) in [6.07, 6.45) is 5.94. The second-order valence-electron chi connectivity index (χ2n) is 6.68. The molecule has 21 heavy (non-hydrogen) atoms. The van der Waals surface area contributed by atoms with Crippen LogP contribution < -0.4 is 0 Å². The third-order valence-electron chi connectivity index (χ3n) is 5.48. The molecule has 1 aliphatic heterocycles. The summed E-state index contributed by atoms with van der Waals surface area (Å²) < 4.78 is 0. The summed E-state index contributed by atoms with van der Waals surface area (Å²) in [5.74, 6) is 1.19. The highest BCUT2D eigenvalue weighted by atomic mass is 16.3. The molecule has 0 amide bonds. The zero-order valence-corrected chi connectivity index (χ0v) is 12.7. The van der Waals surface area contributed by atoms with E-state index in [0.717, 1.165) is 19.4 Å². The molecule has 2 N–H and O–H groups in total. The largest absolute Gasteiger partial charge is 0.396 e. The molecule has 1 aromatic carbocycles. The van der Waals surface area contributed by atoms with Gasteiger partial charge in [-0.3, -0.25) is 4.90 Å². The molecule has 0 spiro atoms. The van der Waals surface area contributed by atoms with Crippen LogP contribution in [0.3, 0.4) is 0 Å². The van der Waals surface area contributed by atoms with Crippen molar-refractivity contribution < 1.29 is 10.2 Å². The van der Waals surface area contributed by atoms with Gasteiger partial charge in [0.2, 0.25) is 0 Å². The minimum atomic E-state index is 0.129. The SMILES string of the molecule is OC[C@@H]1CC[C@@H]2[C@@H](CCCN2[C@@H](CO)c2ccccc2)C1. The number of benzene rings is 1. The number of rotatable bonds is 4. The molecule has 0 unspecified atom stereocenters. The van der Waals surface area contributed by atoms with E-state index in [9.17, 15) is 10.2 Å². The molecular weight excluding hydrogens is 262 g/mol. The van der Waals surface area contributed by atoms with Gasteiger partial charge in [-0.25, -0.2) is 0 Å². The van der Waals surface area contributed by atoms with Crippen LogP contribution in [-0.2, 0) is 0 Å². The maximum atomic E-state index is 9.94. The Labute approximate surface area is 127 Å². The quantitative estimate of drug-likeness (QED) is 0.895. The topological polar surface area (TPSA) is 43.7 Å². The van der Waals surface area contributed by atoms with Gasteiger partial charge in [0.15, 0.2) is 0 Å². The van der Waals surface area contributed by atoms with E-state index in [1.807, 2.05) is 6.07 Å². The minimum Gasteiger partial charge on any atom is -0.396 e. The van der Waals surface area contributed by atoms with Gasteiger partial charge in [-0.1, -0.05) is 30.3 Å². The number of piperidine rings is 1. The Balaban J connectivity index is 1.77. The number of fused-ring (bicyclic) bond motifs is 1. The molecule has 0 radical (unpaired) electrons. The van der Waals surface area contributed by atoms with Crippen molar-refractivity contribution in [2.24, 2.45) is 11.8 Å². The van der Waals surface area contributed by atoms with Crippen LogP contribution in [-0.4, -0.2) is 40.9 Å². The highest BCUT2D eigenvalue weighted by Gasteiger charge is 2.39. The molecule has 3 rings (SSSR count). The molecule has 3 nitrogen and oxygen atoms in total. The van der Waals surface area contributed by atoms with Gasteiger partial charge < -0.3 is 10.2 Å². The van der Waals surface area contributed by atoms with Crippen LogP contribution in [0.4, 0.5) is 0 Å². The Morgan fingerprint density at radius 2 is 1.90 bits per heavy atom. The van der Waals surface area contributed by atoms with Crippen molar-refractivity contribution in [3.05, 3.63) is 35.9 Å². The average Bonchev–Trinajstić information content (AvgIpc) is 2.56. The Morgan fingerprint density at radius 1 is 1.10 bits per heavy atom. The van der Waals surface area contributed by atoms with Gasteiger partial charge in [0.1, 0.15) is 0 Å². The van der Waals surface area contributed by atoms with Crippen LogP contribution in [0, 0.1) is 11.8 Å². The lowest BCUT2D eigenvalue weighted by Crippen LogP contribution is -2.50. The second-order valence-corrected chi connectivity index (χ2v) is 6.68. The van der Waals surface area contributed by atoms with Crippen molar-refractivity contribution >= 4 is 0 Å². The van der Waals surface area contributed by atoms with Crippen molar-refractivity contribution in [3.63, 3.8) is 0 Å². The Hall–Kier alpha value is -0.900. The maximum absolute atomic E-state index is 9.94. The summed E-state index contributed by atoms with van der Waals surface area (Å²) in [5.41, 5.74) is 1.23. The Bertz CT molecular complexity index is 436. The van der Waals surface area contributed by atoms with Gasteiger partial charge in [0, 0.05) is 12.6 Å². The van der Waals surface area contributed by atoms with E-state index in [0.29, 0.717) is 24.5 Å². The van der Waals surface area contributed by atoms with Gasteiger partial charge in [-0.2, -0.15) is 0 Å². The van der Waals surface area contributed by atoms with Gasteiger partial charge in [0.05, 0.1) is 12.6 Å². The average molecular weight is 289 g/mol. The van der Waals surface area contributed by atoms with Crippen LogP contribution in [0.2, 0.25) is 0 Å². The van der Waals surface area contributed by atoms with E-state index in [1.165, 1.54) is 24.8 Å². The fourth-order valence-corrected chi connectivity index (χ4v) is 4.42. The normalized spacial score (nSPS) is 31.6. The molecule has 116 valence electrons. The van der Waals surface area contributed by atoms with E-state index in [-0.39, 0.29) is 12.6 Å². The third-order valence-corrected chi connectivity index (χ3v) is 5.48. The molecule has 4 atom stereocenters. The van der Waals surface area contributed by atoms with E-state index >= 15 is 0 Å². The number of nitrogens with zero attached hydrogens (tertiary/aromatic N) is 1. The molecule has 2 aliphatic rings. The van der Waals surface area contributed by atoms with E-state index in [1.54, 1.807) is 0 Å². The lowest BCUT2D eigenvalue weighted by molar-refractivity contribution is -0.0138. The molecular formula is C18H27NO2. The van der Waals surface area contributed by atoms with Crippen molar-refractivity contribution in [2.75, 3.05) is 19.8 Å². The highest BCUT2D eigenvalue weighted by molar-refractivity contribution is 5.19. The van der Waals surface area contributed by atoms with Crippen LogP contribution in [0.15, 0.2) is 30.3 Å². The number of likely N-dealkylation sites (tertiary alicyclic amines) is 1. The van der Waals surface area contributed by atoms with Crippen LogP contribution in [0.1, 0.15) is 43.7 Å². The number of hydrogen-bond acceptors (Lipinski definition) is 3. The first-order chi connectivity index (χ1) is 10.3. The standard InChI is InChI=1S/C18H27NO2/c20-12-14-8-9-17-16(11-14)7-4-10-19(17)18(13-21)15-5-2-1-3-6-15/h1-3,5-6,14,16-18,20-21H,4,7-13H2/t14-,16+,17-,18+/m1/s1. The highest BCUT2D eigenvalue weighted by Crippen LogP contribution is 2.41. The molecule has 1 saturated carbocycles. The molecule has 0 aromatic heterocycles. The minimum absolute atomic E-state index is 0.129. The molecule has 1 aliphatic carbocycles. The van der Waals surface area contributed by atoms with Crippen molar-refractivity contribution in [3.8, 4) is 0 Å². The summed E-state index contributed by atoms with van der Waals surface area (Å²) in [6.45, 7) is 1.62. The van der Waals surface area contributed by atoms with Crippen molar-refractivity contribution in [1.82, 2.24) is 4.90 Å². The Kier molecular flexibility index (Phi) is 4.94. The maximum Gasteiger partial charge on any atom is 0.0628 e. The van der Waals surface area contributed by atoms with Crippen LogP contribution in [0.5, 0.6) is 0 Å². The predicted octanol–water partition coefficient (Wildman–Crippen LogP) is 2.59. The second kappa shape index (κ2) is 6.91. The van der Waals surface area contributed by atoms with E-state index in [4.69, 9.17) is 0 Å². The van der Waals surface area contributed by atoms with Gasteiger partial charge in [-0.15, -0.1) is 0 Å². The lowest BCUT2D eigenvalue weighted by atomic mass is 9.73. The van der Waals surface area contributed by atoms with E-state index in [2.05, 4.69) is 29.2 Å². The first-order valence-corrected chi connectivity index (χ1v) is 8.36. The zero-order chi connectivity index (χ0) is 14.7. The van der Waals surface area contributed by atoms with Crippen LogP contribution in [0.25, 0.3) is 0 Å². The van der Waals surface area contributed by atoms with Crippen molar-refractivity contribution in [1.29, 1.82) is 0 Å². The monoisotopic (exact) mass is 289 g/mol. The van der Waals surface area contributed by atoms with Gasteiger partial charge in [-0.05, 0) is 56.0 Å². The summed E-state index contributed by atoms with van der Waals surface area (Å²) in [4.78, 5) is 2.54. The number of hydrogen-bond donors (Lipinski definition) is 2. The van der Waals surface area contributed by atoms with Crippen LogP contribution >= 0.6 is 0 Å². The summed E-state index contributed by atoms with van der Waals surface area (Å²) >= 11 is 0. The molecule has 1 heterocycles. The molecule has 1 aromatic rings. The fraction of sp³-hybridized carbons (Fsp3) is 0.667. The first kappa shape index (κ1) is 15.0. The summed E-state index contributed by atoms with van der Waals surface area (Å²) in [7, 11) is 0. The number of aliphatic hydroxyl groups excluding tert-OH is 2. The molecule has 2 fully saturated rings. The van der Waals surface area contributed by atoms with Crippen molar-refractivity contribution in [2.45, 2.75) is 44.2 Å². The summed E-state index contributed by atoms with van der Waals surface area (Å²) in [6, 6.07) is 11.1. The van der Waals surface area contributed by atoms with Gasteiger partial charge in [0.25, 0.3) is 0 Å². The Morgan fingerprint density at radius 3 is 2.62 bits per heavy atom. The smallest absolute Gasteiger partial charge is 0.0628 e. The lowest BCUT2D eigenvalue weighted by Gasteiger charge is -2.49. The van der Waals surface area contributed by atoms with E-state index < -0.39 is 0 Å². The third kappa shape index (κ3) is 3.15. The molecule has 1 saturated heterocycles. The summed E-state index contributed by atoms with van der Waals surface area (Å²) in [5, 5.41) is 19.4. The number of aliphatic hydroxyl groups is 2. The first-order valence-electron chi connectivity index (χ1n) is 8.36. The molecule has 3 heteroatoms. The van der Waals surface area contributed by atoms with Gasteiger partial charge >= 0.3 is 0 Å². The predicted molar refractivity (Wildman–Crippen MR) is 83.9 cm³/mol. The zero-order valence-electron chi connectivity index (χ0n) is 12.7. The molecule has 0 bridgehead atoms.